The van der Waals surface area contributed by atoms with Crippen LogP contribution in [0.3, 0.4) is 0 Å². The summed E-state index contributed by atoms with van der Waals surface area (Å²) in [6.07, 6.45) is 10.1. The van der Waals surface area contributed by atoms with Crippen LogP contribution in [0.25, 0.3) is 0 Å². The van der Waals surface area contributed by atoms with Gasteiger partial charge in [-0.15, -0.1) is 0 Å². The highest BCUT2D eigenvalue weighted by molar-refractivity contribution is 5.79. The van der Waals surface area contributed by atoms with Crippen molar-refractivity contribution in [3.05, 3.63) is 12.2 Å². The summed E-state index contributed by atoms with van der Waals surface area (Å²) in [4.78, 5) is 11.8. The zero-order valence-corrected chi connectivity index (χ0v) is 8.41. The Bertz CT molecular complexity index is 266. The van der Waals surface area contributed by atoms with Crippen LogP contribution in [0, 0.1) is 17.8 Å². The summed E-state index contributed by atoms with van der Waals surface area (Å²) >= 11 is 0. The van der Waals surface area contributed by atoms with E-state index in [4.69, 9.17) is 0 Å². The van der Waals surface area contributed by atoms with E-state index in [9.17, 15) is 4.79 Å². The third kappa shape index (κ3) is 1.47. The minimum atomic E-state index is 0.325. The zero-order valence-electron chi connectivity index (χ0n) is 8.41. The SMILES string of the molecule is O=C(NC1CC=CC1)C1CC2CC2C1. The molecule has 0 saturated heterocycles. The number of carbonyl (C=O) groups excluding carboxylic acids is 1. The molecule has 2 fully saturated rings. The third-order valence-electron chi connectivity index (χ3n) is 3.97. The van der Waals surface area contributed by atoms with E-state index in [1.54, 1.807) is 0 Å². The number of rotatable bonds is 2. The first-order valence-electron chi connectivity index (χ1n) is 5.78. The molecule has 2 saturated carbocycles. The summed E-state index contributed by atoms with van der Waals surface area (Å²) in [6, 6.07) is 0.402. The minimum absolute atomic E-state index is 0.325. The smallest absolute Gasteiger partial charge is 0.223 e. The molecule has 2 nitrogen and oxygen atoms in total. The lowest BCUT2D eigenvalue weighted by molar-refractivity contribution is -0.125. The molecule has 2 heteroatoms. The van der Waals surface area contributed by atoms with Crippen LogP contribution >= 0.6 is 0 Å². The molecule has 1 amide bonds. The van der Waals surface area contributed by atoms with Gasteiger partial charge in [-0.1, -0.05) is 12.2 Å². The van der Waals surface area contributed by atoms with Crippen LogP contribution in [0.15, 0.2) is 12.2 Å². The molecule has 3 rings (SSSR count). The van der Waals surface area contributed by atoms with E-state index in [2.05, 4.69) is 17.5 Å². The van der Waals surface area contributed by atoms with Gasteiger partial charge in [-0.25, -0.2) is 0 Å². The second kappa shape index (κ2) is 3.11. The van der Waals surface area contributed by atoms with Gasteiger partial charge in [0.05, 0.1) is 0 Å². The van der Waals surface area contributed by atoms with Crippen LogP contribution in [-0.4, -0.2) is 11.9 Å². The van der Waals surface area contributed by atoms with E-state index in [-0.39, 0.29) is 0 Å². The maximum atomic E-state index is 11.8. The average molecular weight is 191 g/mol. The number of fused-ring (bicyclic) bond motifs is 1. The lowest BCUT2D eigenvalue weighted by atomic mass is 10.0. The molecular weight excluding hydrogens is 174 g/mol. The summed E-state index contributed by atoms with van der Waals surface area (Å²) in [5.41, 5.74) is 0. The van der Waals surface area contributed by atoms with Gasteiger partial charge in [-0.05, 0) is 43.9 Å². The quantitative estimate of drug-likeness (QED) is 0.663. The molecule has 14 heavy (non-hydrogen) atoms. The Hall–Kier alpha value is -0.790. The molecule has 0 heterocycles. The predicted octanol–water partition coefficient (Wildman–Crippen LogP) is 1.87. The molecule has 3 aliphatic carbocycles. The minimum Gasteiger partial charge on any atom is -0.353 e. The van der Waals surface area contributed by atoms with E-state index in [1.165, 1.54) is 6.42 Å². The van der Waals surface area contributed by atoms with Gasteiger partial charge in [0, 0.05) is 12.0 Å². The number of hydrogen-bond acceptors (Lipinski definition) is 1. The van der Waals surface area contributed by atoms with E-state index < -0.39 is 0 Å². The van der Waals surface area contributed by atoms with E-state index in [0.717, 1.165) is 37.5 Å². The molecule has 0 bridgehead atoms. The van der Waals surface area contributed by atoms with Gasteiger partial charge in [0.15, 0.2) is 0 Å². The van der Waals surface area contributed by atoms with Gasteiger partial charge in [0.1, 0.15) is 0 Å². The first-order chi connectivity index (χ1) is 6.83. The van der Waals surface area contributed by atoms with Gasteiger partial charge in [-0.3, -0.25) is 4.79 Å². The Kier molecular flexibility index (Phi) is 1.89. The number of carbonyl (C=O) groups is 1. The van der Waals surface area contributed by atoms with Crippen LogP contribution < -0.4 is 5.32 Å². The molecular formula is C12H17NO. The van der Waals surface area contributed by atoms with E-state index >= 15 is 0 Å². The fraction of sp³-hybridized carbons (Fsp3) is 0.750. The molecule has 3 aliphatic rings. The molecule has 0 spiro atoms. The van der Waals surface area contributed by atoms with Crippen molar-refractivity contribution in [2.45, 2.75) is 38.1 Å². The van der Waals surface area contributed by atoms with Gasteiger partial charge in [-0.2, -0.15) is 0 Å². The van der Waals surface area contributed by atoms with Crippen LogP contribution in [0.5, 0.6) is 0 Å². The topological polar surface area (TPSA) is 29.1 Å². The first-order valence-corrected chi connectivity index (χ1v) is 5.78. The van der Waals surface area contributed by atoms with Crippen molar-refractivity contribution in [2.24, 2.45) is 17.8 Å². The fourth-order valence-electron chi connectivity index (χ4n) is 2.98. The molecule has 2 atom stereocenters. The first kappa shape index (κ1) is 8.51. The van der Waals surface area contributed by atoms with Crippen molar-refractivity contribution in [1.82, 2.24) is 5.32 Å². The predicted molar refractivity (Wildman–Crippen MR) is 54.6 cm³/mol. The highest BCUT2D eigenvalue weighted by Crippen LogP contribution is 2.54. The van der Waals surface area contributed by atoms with E-state index in [0.29, 0.717) is 17.9 Å². The van der Waals surface area contributed by atoms with Crippen molar-refractivity contribution < 1.29 is 4.79 Å². The standard InChI is InChI=1S/C12H17NO/c14-12(13-11-3-1-2-4-11)10-6-8-5-9(8)7-10/h1-2,8-11H,3-7H2,(H,13,14). The van der Waals surface area contributed by atoms with Gasteiger partial charge in [0.2, 0.25) is 5.91 Å². The third-order valence-corrected chi connectivity index (χ3v) is 3.97. The highest BCUT2D eigenvalue weighted by Gasteiger charge is 2.48. The van der Waals surface area contributed by atoms with Crippen molar-refractivity contribution in [3.8, 4) is 0 Å². The molecule has 0 aromatic carbocycles. The number of hydrogen-bond donors (Lipinski definition) is 1. The molecule has 76 valence electrons. The van der Waals surface area contributed by atoms with Crippen molar-refractivity contribution in [2.75, 3.05) is 0 Å². The number of amides is 1. The molecule has 0 radical (unpaired) electrons. The Morgan fingerprint density at radius 3 is 2.36 bits per heavy atom. The maximum absolute atomic E-state index is 11.8. The Balaban J connectivity index is 1.50. The molecule has 0 aromatic heterocycles. The summed E-state index contributed by atoms with van der Waals surface area (Å²) in [6.45, 7) is 0. The van der Waals surface area contributed by atoms with Gasteiger partial charge < -0.3 is 5.32 Å². The van der Waals surface area contributed by atoms with E-state index in [1.807, 2.05) is 0 Å². The second-order valence-electron chi connectivity index (χ2n) is 5.07. The fourth-order valence-corrected chi connectivity index (χ4v) is 2.98. The van der Waals surface area contributed by atoms with Crippen LogP contribution in [0.1, 0.15) is 32.1 Å². The summed E-state index contributed by atoms with van der Waals surface area (Å²) in [7, 11) is 0. The van der Waals surface area contributed by atoms with Crippen molar-refractivity contribution in [3.63, 3.8) is 0 Å². The lowest BCUT2D eigenvalue weighted by Crippen LogP contribution is -2.37. The molecule has 0 aromatic rings. The van der Waals surface area contributed by atoms with Crippen LogP contribution in [0.2, 0.25) is 0 Å². The number of nitrogens with one attached hydrogen (secondary N) is 1. The van der Waals surface area contributed by atoms with Crippen molar-refractivity contribution >= 4 is 5.91 Å². The van der Waals surface area contributed by atoms with Gasteiger partial charge >= 0.3 is 0 Å². The highest BCUT2D eigenvalue weighted by atomic mass is 16.1. The van der Waals surface area contributed by atoms with Crippen molar-refractivity contribution in [1.29, 1.82) is 0 Å². The zero-order chi connectivity index (χ0) is 9.54. The van der Waals surface area contributed by atoms with Gasteiger partial charge in [0.25, 0.3) is 0 Å². The molecule has 1 N–H and O–H groups in total. The molecule has 0 aliphatic heterocycles. The Labute approximate surface area is 84.8 Å². The average Bonchev–Trinajstić information content (AvgIpc) is 2.68. The second-order valence-corrected chi connectivity index (χ2v) is 5.07. The largest absolute Gasteiger partial charge is 0.353 e. The Morgan fingerprint density at radius 1 is 1.07 bits per heavy atom. The Morgan fingerprint density at radius 2 is 1.71 bits per heavy atom. The molecule has 2 unspecified atom stereocenters. The van der Waals surface area contributed by atoms with Crippen LogP contribution in [-0.2, 0) is 4.79 Å². The maximum Gasteiger partial charge on any atom is 0.223 e. The van der Waals surface area contributed by atoms with Crippen LogP contribution in [0.4, 0.5) is 0 Å². The lowest BCUT2D eigenvalue weighted by Gasteiger charge is -2.16. The normalized spacial score (nSPS) is 39.9. The summed E-state index contributed by atoms with van der Waals surface area (Å²) < 4.78 is 0. The summed E-state index contributed by atoms with van der Waals surface area (Å²) in [5.74, 6) is 2.49. The monoisotopic (exact) mass is 191 g/mol. The summed E-state index contributed by atoms with van der Waals surface area (Å²) in [5, 5.41) is 3.16.